The Balaban J connectivity index is 1.09. The van der Waals surface area contributed by atoms with Crippen LogP contribution in [-0.4, -0.2) is 0 Å². The molecule has 0 atom stereocenters. The van der Waals surface area contributed by atoms with E-state index in [4.69, 9.17) is 0 Å². The Morgan fingerprint density at radius 3 is 1.74 bits per heavy atom. The van der Waals surface area contributed by atoms with E-state index < -0.39 is 0 Å². The van der Waals surface area contributed by atoms with Crippen LogP contribution in [0.4, 0.5) is 17.1 Å². The lowest BCUT2D eigenvalue weighted by atomic mass is 9.92. The molecule has 0 fully saturated rings. The summed E-state index contributed by atoms with van der Waals surface area (Å²) in [6, 6.07) is 82.0. The molecule has 0 unspecified atom stereocenters. The van der Waals surface area contributed by atoms with E-state index in [0.717, 1.165) is 17.1 Å². The Labute approximate surface area is 342 Å². The molecule has 0 bridgehead atoms. The van der Waals surface area contributed by atoms with Crippen molar-refractivity contribution in [2.24, 2.45) is 0 Å². The molecule has 0 aliphatic carbocycles. The van der Waals surface area contributed by atoms with Gasteiger partial charge in [0.25, 0.3) is 0 Å². The van der Waals surface area contributed by atoms with Crippen LogP contribution in [0.15, 0.2) is 224 Å². The molecular weight excluding hydrogens is 719 g/mol. The first-order valence-electron chi connectivity index (χ1n) is 19.8. The zero-order valence-electron chi connectivity index (χ0n) is 31.7. The van der Waals surface area contributed by atoms with Gasteiger partial charge in [-0.15, -0.1) is 11.3 Å². The maximum absolute atomic E-state index is 2.42. The van der Waals surface area contributed by atoms with Crippen molar-refractivity contribution in [2.45, 2.75) is 0 Å². The van der Waals surface area contributed by atoms with E-state index in [1.54, 1.807) is 0 Å². The van der Waals surface area contributed by atoms with E-state index >= 15 is 0 Å². The molecule has 0 radical (unpaired) electrons. The first-order chi connectivity index (χ1) is 28.7. The molecule has 0 N–H and O–H groups in total. The maximum atomic E-state index is 2.42. The Bertz CT molecular complexity index is 3280. The van der Waals surface area contributed by atoms with Gasteiger partial charge in [0.2, 0.25) is 0 Å². The van der Waals surface area contributed by atoms with Crippen molar-refractivity contribution in [2.75, 3.05) is 4.90 Å². The molecule has 272 valence electrons. The van der Waals surface area contributed by atoms with E-state index in [9.17, 15) is 0 Å². The summed E-state index contributed by atoms with van der Waals surface area (Å²) >= 11 is 1.87. The first kappa shape index (κ1) is 34.0. The largest absolute Gasteiger partial charge is 0.310 e. The second kappa shape index (κ2) is 14.4. The molecule has 0 aliphatic heterocycles. The number of thiophene rings is 1. The molecule has 11 aromatic rings. The van der Waals surface area contributed by atoms with Gasteiger partial charge in [0, 0.05) is 37.2 Å². The predicted octanol–water partition coefficient (Wildman–Crippen LogP) is 16.5. The average molecular weight is 756 g/mol. The third-order valence-electron chi connectivity index (χ3n) is 11.5. The van der Waals surface area contributed by atoms with Gasteiger partial charge in [-0.1, -0.05) is 170 Å². The summed E-state index contributed by atoms with van der Waals surface area (Å²) in [6.07, 6.45) is 0. The van der Waals surface area contributed by atoms with E-state index in [2.05, 4.69) is 229 Å². The van der Waals surface area contributed by atoms with Crippen LogP contribution < -0.4 is 4.90 Å². The van der Waals surface area contributed by atoms with Crippen LogP contribution in [-0.2, 0) is 0 Å². The summed E-state index contributed by atoms with van der Waals surface area (Å²) in [6.45, 7) is 0. The van der Waals surface area contributed by atoms with Gasteiger partial charge in [0.15, 0.2) is 0 Å². The third kappa shape index (κ3) is 6.03. The predicted molar refractivity (Wildman–Crippen MR) is 251 cm³/mol. The molecule has 58 heavy (non-hydrogen) atoms. The van der Waals surface area contributed by atoms with Crippen LogP contribution in [0, 0.1) is 0 Å². The van der Waals surface area contributed by atoms with Gasteiger partial charge in [0.1, 0.15) is 0 Å². The van der Waals surface area contributed by atoms with Crippen molar-refractivity contribution in [3.8, 4) is 44.5 Å². The molecule has 2 heteroatoms. The van der Waals surface area contributed by atoms with Gasteiger partial charge < -0.3 is 4.90 Å². The van der Waals surface area contributed by atoms with Gasteiger partial charge in [-0.3, -0.25) is 0 Å². The van der Waals surface area contributed by atoms with Crippen molar-refractivity contribution in [3.63, 3.8) is 0 Å². The van der Waals surface area contributed by atoms with E-state index in [1.165, 1.54) is 86.2 Å². The number of benzene rings is 10. The van der Waals surface area contributed by atoms with E-state index in [0.29, 0.717) is 0 Å². The number of hydrogen-bond acceptors (Lipinski definition) is 2. The molecule has 10 aromatic carbocycles. The number of rotatable bonds is 7. The highest BCUT2D eigenvalue weighted by Gasteiger charge is 2.19. The Morgan fingerprint density at radius 2 is 0.862 bits per heavy atom. The highest BCUT2D eigenvalue weighted by Crippen LogP contribution is 2.46. The van der Waals surface area contributed by atoms with E-state index in [-0.39, 0.29) is 0 Å². The first-order valence-corrected chi connectivity index (χ1v) is 20.6. The van der Waals surface area contributed by atoms with Crippen LogP contribution >= 0.6 is 11.3 Å². The molecule has 11 rings (SSSR count). The summed E-state index contributed by atoms with van der Waals surface area (Å²) in [4.78, 5) is 2.42. The number of fused-ring (bicyclic) bond motifs is 5. The molecule has 1 aromatic heterocycles. The summed E-state index contributed by atoms with van der Waals surface area (Å²) in [7, 11) is 0. The number of nitrogens with zero attached hydrogens (tertiary/aromatic N) is 1. The van der Waals surface area contributed by atoms with Gasteiger partial charge in [-0.25, -0.2) is 0 Å². The standard InChI is InChI=1S/C56H37NS/c1-2-14-39(15-3-1)50-22-8-9-23-51(50)52-25-12-26-55-56(52)53-37-47(33-34-54(53)58-55)57(45-31-29-41(30-32-45)49-24-11-18-40-16-6-7-21-48(40)49)46-20-10-19-43(36-46)44-28-27-38-13-4-5-17-42(38)35-44/h1-37H. The van der Waals surface area contributed by atoms with Crippen molar-refractivity contribution in [1.82, 2.24) is 0 Å². The second-order valence-electron chi connectivity index (χ2n) is 14.9. The molecule has 0 saturated carbocycles. The number of hydrogen-bond donors (Lipinski definition) is 0. The zero-order chi connectivity index (χ0) is 38.4. The highest BCUT2D eigenvalue weighted by molar-refractivity contribution is 7.26. The van der Waals surface area contributed by atoms with Crippen LogP contribution in [0.3, 0.4) is 0 Å². The molecule has 0 aliphatic rings. The minimum Gasteiger partial charge on any atom is -0.310 e. The fraction of sp³-hybridized carbons (Fsp3) is 0. The molecule has 1 heterocycles. The van der Waals surface area contributed by atoms with Crippen molar-refractivity contribution >= 4 is 70.1 Å². The fourth-order valence-electron chi connectivity index (χ4n) is 8.67. The molecular formula is C56H37NS. The Morgan fingerprint density at radius 1 is 0.276 bits per heavy atom. The minimum atomic E-state index is 1.10. The number of anilines is 3. The van der Waals surface area contributed by atoms with Crippen LogP contribution in [0.25, 0.3) is 86.2 Å². The Hall–Kier alpha value is -7.26. The van der Waals surface area contributed by atoms with Crippen molar-refractivity contribution in [3.05, 3.63) is 224 Å². The quantitative estimate of drug-likeness (QED) is 0.157. The lowest BCUT2D eigenvalue weighted by Gasteiger charge is -2.26. The highest BCUT2D eigenvalue weighted by atomic mass is 32.1. The van der Waals surface area contributed by atoms with Crippen LogP contribution in [0.1, 0.15) is 0 Å². The molecule has 1 nitrogen and oxygen atoms in total. The van der Waals surface area contributed by atoms with Gasteiger partial charge in [0.05, 0.1) is 0 Å². The summed E-state index contributed by atoms with van der Waals surface area (Å²) < 4.78 is 2.57. The normalized spacial score (nSPS) is 11.4. The fourth-order valence-corrected chi connectivity index (χ4v) is 9.79. The average Bonchev–Trinajstić information content (AvgIpc) is 3.68. The van der Waals surface area contributed by atoms with Crippen molar-refractivity contribution < 1.29 is 0 Å². The van der Waals surface area contributed by atoms with Crippen LogP contribution in [0.2, 0.25) is 0 Å². The SMILES string of the molecule is c1ccc(-c2ccccc2-c2cccc3sc4ccc(N(c5ccc(-c6cccc7ccccc67)cc5)c5cccc(-c6ccc7ccccc7c6)c5)cc4c23)cc1. The molecule has 0 saturated heterocycles. The monoisotopic (exact) mass is 755 g/mol. The van der Waals surface area contributed by atoms with Crippen molar-refractivity contribution in [1.29, 1.82) is 0 Å². The molecule has 0 spiro atoms. The maximum Gasteiger partial charge on any atom is 0.0468 e. The van der Waals surface area contributed by atoms with Crippen LogP contribution in [0.5, 0.6) is 0 Å². The topological polar surface area (TPSA) is 3.24 Å². The van der Waals surface area contributed by atoms with E-state index in [1.807, 2.05) is 11.3 Å². The summed E-state index contributed by atoms with van der Waals surface area (Å²) in [5, 5.41) is 7.56. The minimum absolute atomic E-state index is 1.10. The molecule has 0 amide bonds. The summed E-state index contributed by atoms with van der Waals surface area (Å²) in [5.74, 6) is 0. The van der Waals surface area contributed by atoms with Gasteiger partial charge in [-0.2, -0.15) is 0 Å². The lowest BCUT2D eigenvalue weighted by molar-refractivity contribution is 1.29. The third-order valence-corrected chi connectivity index (χ3v) is 12.6. The zero-order valence-corrected chi connectivity index (χ0v) is 32.5. The van der Waals surface area contributed by atoms with Gasteiger partial charge >= 0.3 is 0 Å². The lowest BCUT2D eigenvalue weighted by Crippen LogP contribution is -2.10. The smallest absolute Gasteiger partial charge is 0.0468 e. The van der Waals surface area contributed by atoms with Gasteiger partial charge in [-0.05, 0) is 121 Å². The summed E-state index contributed by atoms with van der Waals surface area (Å²) in [5.41, 5.74) is 13.1. The Kier molecular flexibility index (Phi) is 8.42. The second-order valence-corrected chi connectivity index (χ2v) is 16.0.